The zero-order chi connectivity index (χ0) is 35.8. The molecule has 4 heteroatoms. The van der Waals surface area contributed by atoms with E-state index in [2.05, 4.69) is 192 Å². The maximum Gasteiger partial charge on any atom is 0.159 e. The van der Waals surface area contributed by atoms with E-state index in [1.54, 1.807) is 0 Å². The maximum absolute atomic E-state index is 5.49. The van der Waals surface area contributed by atoms with Crippen LogP contribution in [0, 0.1) is 0 Å². The van der Waals surface area contributed by atoms with Gasteiger partial charge in [-0.15, -0.1) is 0 Å². The van der Waals surface area contributed by atoms with Gasteiger partial charge in [-0.3, -0.25) is 0 Å². The van der Waals surface area contributed by atoms with Gasteiger partial charge in [0.15, 0.2) is 12.0 Å². The van der Waals surface area contributed by atoms with Crippen molar-refractivity contribution >= 4 is 76.6 Å². The van der Waals surface area contributed by atoms with E-state index in [1.165, 1.54) is 64.9 Å². The third kappa shape index (κ3) is 4.56. The molecule has 0 bridgehead atoms. The highest BCUT2D eigenvalue weighted by Crippen LogP contribution is 2.47. The van der Waals surface area contributed by atoms with Crippen LogP contribution in [0.15, 0.2) is 192 Å². The maximum atomic E-state index is 5.49. The van der Waals surface area contributed by atoms with E-state index in [0.29, 0.717) is 0 Å². The Labute approximate surface area is 312 Å². The average Bonchev–Trinajstić information content (AvgIpc) is 3.59. The van der Waals surface area contributed by atoms with Gasteiger partial charge in [0.1, 0.15) is 5.84 Å². The van der Waals surface area contributed by atoms with Crippen molar-refractivity contribution in [2.75, 3.05) is 7.05 Å². The van der Waals surface area contributed by atoms with Crippen LogP contribution in [0.25, 0.3) is 70.6 Å². The third-order valence-corrected chi connectivity index (χ3v) is 11.2. The molecule has 0 spiro atoms. The van der Waals surface area contributed by atoms with E-state index in [1.807, 2.05) is 6.07 Å². The molecule has 1 aliphatic heterocycles. The van der Waals surface area contributed by atoms with Gasteiger partial charge in [-0.25, -0.2) is 9.98 Å². The molecule has 0 fully saturated rings. The van der Waals surface area contributed by atoms with Crippen molar-refractivity contribution in [2.45, 2.75) is 6.17 Å². The van der Waals surface area contributed by atoms with Crippen LogP contribution in [0.2, 0.25) is 0 Å². The van der Waals surface area contributed by atoms with Crippen molar-refractivity contribution in [1.29, 1.82) is 0 Å². The van der Waals surface area contributed by atoms with Gasteiger partial charge in [0.05, 0.1) is 11.0 Å². The largest absolute Gasteiger partial charge is 0.333 e. The number of hydrogen-bond acceptors (Lipinski definition) is 3. The first-order chi connectivity index (χ1) is 26.7. The Balaban J connectivity index is 1.24. The summed E-state index contributed by atoms with van der Waals surface area (Å²) in [5.74, 6) is 1.63. The Hall–Kier alpha value is -7.04. The number of aliphatic imine (C=N–C) groups is 2. The van der Waals surface area contributed by atoms with Crippen molar-refractivity contribution in [3.05, 3.63) is 199 Å². The number of rotatable bonds is 4. The number of aromatic nitrogens is 1. The van der Waals surface area contributed by atoms with Crippen LogP contribution in [0.3, 0.4) is 0 Å². The van der Waals surface area contributed by atoms with Crippen LogP contribution in [0.1, 0.15) is 22.9 Å². The lowest BCUT2D eigenvalue weighted by atomic mass is 9.89. The van der Waals surface area contributed by atoms with Crippen molar-refractivity contribution < 1.29 is 0 Å². The van der Waals surface area contributed by atoms with Gasteiger partial charge in [-0.2, -0.15) is 0 Å². The van der Waals surface area contributed by atoms with Gasteiger partial charge in [-0.05, 0) is 62.6 Å². The van der Waals surface area contributed by atoms with E-state index >= 15 is 0 Å². The fourth-order valence-corrected chi connectivity index (χ4v) is 8.74. The first kappa shape index (κ1) is 30.6. The molecule has 0 saturated heterocycles. The minimum absolute atomic E-state index is 0.325. The minimum Gasteiger partial charge on any atom is -0.333 e. The van der Waals surface area contributed by atoms with Crippen LogP contribution < -0.4 is 0 Å². The fraction of sp³-hybridized carbons (Fsp3) is 0.0400. The molecule has 9 aromatic carbocycles. The molecule has 10 aromatic rings. The second-order valence-electron chi connectivity index (χ2n) is 14.2. The van der Waals surface area contributed by atoms with E-state index in [0.717, 1.165) is 34.0 Å². The molecule has 54 heavy (non-hydrogen) atoms. The van der Waals surface area contributed by atoms with Gasteiger partial charge in [-0.1, -0.05) is 152 Å². The molecule has 1 atom stereocenters. The summed E-state index contributed by atoms with van der Waals surface area (Å²) in [4.78, 5) is 13.0. The van der Waals surface area contributed by atoms with Crippen molar-refractivity contribution in [2.24, 2.45) is 9.98 Å². The number of fused-ring (bicyclic) bond motifs is 11. The molecule has 0 saturated carbocycles. The number of nitrogens with zero attached hydrogens (tertiary/aromatic N) is 4. The third-order valence-electron chi connectivity index (χ3n) is 11.2. The van der Waals surface area contributed by atoms with E-state index in [9.17, 15) is 0 Å². The molecule has 0 N–H and O–H groups in total. The average molecular weight is 691 g/mol. The highest BCUT2D eigenvalue weighted by Gasteiger charge is 2.30. The van der Waals surface area contributed by atoms with Crippen LogP contribution in [0.4, 0.5) is 0 Å². The van der Waals surface area contributed by atoms with Gasteiger partial charge in [0.25, 0.3) is 0 Å². The summed E-state index contributed by atoms with van der Waals surface area (Å²) in [6.45, 7) is 0. The van der Waals surface area contributed by atoms with Gasteiger partial charge in [0, 0.05) is 51.0 Å². The molecule has 254 valence electrons. The first-order valence-electron chi connectivity index (χ1n) is 18.5. The zero-order valence-electron chi connectivity index (χ0n) is 29.7. The topological polar surface area (TPSA) is 32.9 Å². The Morgan fingerprint density at radius 3 is 1.89 bits per heavy atom. The Bertz CT molecular complexity index is 3170. The van der Waals surface area contributed by atoms with Crippen molar-refractivity contribution in [1.82, 2.24) is 9.47 Å². The summed E-state index contributed by atoms with van der Waals surface area (Å²) in [5, 5.41) is 12.3. The predicted molar refractivity (Wildman–Crippen MR) is 227 cm³/mol. The summed E-state index contributed by atoms with van der Waals surface area (Å²) < 4.78 is 2.45. The van der Waals surface area contributed by atoms with Crippen LogP contribution in [-0.4, -0.2) is 28.2 Å². The second-order valence-corrected chi connectivity index (χ2v) is 14.2. The molecule has 1 aliphatic rings. The number of hydrogen-bond donors (Lipinski definition) is 0. The molecular weight excluding hydrogens is 657 g/mol. The summed E-state index contributed by atoms with van der Waals surface area (Å²) in [5.41, 5.74) is 6.80. The van der Waals surface area contributed by atoms with Gasteiger partial charge >= 0.3 is 0 Å². The van der Waals surface area contributed by atoms with E-state index in [-0.39, 0.29) is 6.17 Å². The summed E-state index contributed by atoms with van der Waals surface area (Å²) in [7, 11) is 2.14. The smallest absolute Gasteiger partial charge is 0.159 e. The number of amidine groups is 2. The molecule has 1 aromatic heterocycles. The molecule has 2 heterocycles. The Morgan fingerprint density at radius 1 is 0.463 bits per heavy atom. The molecular formula is C50H34N4. The molecule has 11 rings (SSSR count). The monoisotopic (exact) mass is 690 g/mol. The summed E-state index contributed by atoms with van der Waals surface area (Å²) in [6.07, 6.45) is -0.325. The standard InChI is InChI=1S/C50H34N4/c1-53-49(35-29-28-32-16-8-9-19-34(32)30-35)51-48(33-17-4-2-5-18-33)52-50(53)43-31-42-38-23-11-13-25-40(38)47-46(45(42)39-24-12-10-22-37(39)43)41-26-14-15-27-44(41)54(47)36-20-6-3-7-21-36/h2-31,50H,1H3. The predicted octanol–water partition coefficient (Wildman–Crippen LogP) is 12.2. The molecule has 1 unspecified atom stereocenters. The molecule has 0 amide bonds. The first-order valence-corrected chi connectivity index (χ1v) is 18.5. The second kappa shape index (κ2) is 12.0. The van der Waals surface area contributed by atoms with Gasteiger partial charge < -0.3 is 9.47 Å². The summed E-state index contributed by atoms with van der Waals surface area (Å²) in [6, 6.07) is 65.4. The fourth-order valence-electron chi connectivity index (χ4n) is 8.74. The number of benzene rings is 9. The van der Waals surface area contributed by atoms with Gasteiger partial charge in [0.2, 0.25) is 0 Å². The van der Waals surface area contributed by atoms with Crippen LogP contribution in [-0.2, 0) is 0 Å². The van der Waals surface area contributed by atoms with Crippen molar-refractivity contribution in [3.63, 3.8) is 0 Å². The molecule has 0 radical (unpaired) electrons. The minimum atomic E-state index is -0.325. The van der Waals surface area contributed by atoms with Crippen LogP contribution >= 0.6 is 0 Å². The highest BCUT2D eigenvalue weighted by atomic mass is 15.3. The molecule has 0 aliphatic carbocycles. The van der Waals surface area contributed by atoms with Crippen molar-refractivity contribution in [3.8, 4) is 5.69 Å². The lowest BCUT2D eigenvalue weighted by molar-refractivity contribution is 0.385. The number of para-hydroxylation sites is 2. The summed E-state index contributed by atoms with van der Waals surface area (Å²) >= 11 is 0. The normalized spacial score (nSPS) is 14.8. The molecule has 4 nitrogen and oxygen atoms in total. The Morgan fingerprint density at radius 2 is 1.09 bits per heavy atom. The highest BCUT2D eigenvalue weighted by molar-refractivity contribution is 6.37. The van der Waals surface area contributed by atoms with E-state index < -0.39 is 0 Å². The van der Waals surface area contributed by atoms with E-state index in [4.69, 9.17) is 9.98 Å². The van der Waals surface area contributed by atoms with Crippen LogP contribution in [0.5, 0.6) is 0 Å². The SMILES string of the molecule is CN1C(c2ccc3ccccc3c2)=NC(c2ccccc2)=NC1c1cc2c3ccccc3c3c(c4ccccc4n3-c3ccccc3)c2c2ccccc12. The quantitative estimate of drug-likeness (QED) is 0.169. The zero-order valence-corrected chi connectivity index (χ0v) is 29.7. The lowest BCUT2D eigenvalue weighted by Crippen LogP contribution is -2.35. The lowest BCUT2D eigenvalue weighted by Gasteiger charge is -2.33. The Kier molecular flexibility index (Phi) is 6.80.